The van der Waals surface area contributed by atoms with Gasteiger partial charge in [0.05, 0.1) is 22.2 Å². The van der Waals surface area contributed by atoms with Crippen molar-refractivity contribution in [2.24, 2.45) is 5.92 Å². The first-order valence-corrected chi connectivity index (χ1v) is 10.2. The van der Waals surface area contributed by atoms with E-state index in [0.29, 0.717) is 6.61 Å². The third kappa shape index (κ3) is 3.22. The zero-order valence-electron chi connectivity index (χ0n) is 16.4. The molecule has 5 rings (SSSR count). The van der Waals surface area contributed by atoms with Crippen molar-refractivity contribution in [1.29, 1.82) is 0 Å². The monoisotopic (exact) mass is 398 g/mol. The van der Waals surface area contributed by atoms with E-state index in [1.165, 1.54) is 5.56 Å². The molecule has 1 aliphatic heterocycles. The second-order valence-corrected chi connectivity index (χ2v) is 7.79. The Kier molecular flexibility index (Phi) is 4.71. The van der Waals surface area contributed by atoms with Crippen LogP contribution in [0.15, 0.2) is 84.9 Å². The van der Waals surface area contributed by atoms with E-state index in [1.54, 1.807) is 12.1 Å². The van der Waals surface area contributed by atoms with Gasteiger partial charge in [-0.25, -0.2) is 0 Å². The Morgan fingerprint density at radius 3 is 2.57 bits per heavy atom. The van der Waals surface area contributed by atoms with E-state index in [2.05, 4.69) is 23.5 Å². The zero-order chi connectivity index (χ0) is 20.5. The van der Waals surface area contributed by atoms with Crippen molar-refractivity contribution < 1.29 is 9.66 Å². The van der Waals surface area contributed by atoms with Gasteiger partial charge in [-0.15, -0.1) is 0 Å². The van der Waals surface area contributed by atoms with Gasteiger partial charge in [0.15, 0.2) is 0 Å². The largest absolute Gasteiger partial charge is 0.487 e. The molecule has 3 aromatic rings. The standard InChI is InChI=1S/C25H22N2O3/c28-27(29)22-14-5-4-10-21(22)24-19-12-6-11-18(19)20-13-7-15-23(25(20)26-24)30-16-17-8-2-1-3-9-17/h1-11,13-15,18-19,24,26H,12,16H2. The van der Waals surface area contributed by atoms with Gasteiger partial charge in [-0.3, -0.25) is 10.1 Å². The molecule has 5 heteroatoms. The van der Waals surface area contributed by atoms with Crippen molar-refractivity contribution in [2.75, 3.05) is 5.32 Å². The fourth-order valence-corrected chi connectivity index (χ4v) is 4.67. The molecule has 0 bridgehead atoms. The van der Waals surface area contributed by atoms with Gasteiger partial charge in [-0.1, -0.05) is 72.8 Å². The Hall–Kier alpha value is -3.60. The molecule has 0 aromatic heterocycles. The first-order valence-electron chi connectivity index (χ1n) is 10.2. The predicted molar refractivity (Wildman–Crippen MR) is 117 cm³/mol. The highest BCUT2D eigenvalue weighted by molar-refractivity contribution is 5.68. The number of hydrogen-bond acceptors (Lipinski definition) is 4. The number of fused-ring (bicyclic) bond motifs is 3. The average molecular weight is 398 g/mol. The minimum Gasteiger partial charge on any atom is -0.487 e. The van der Waals surface area contributed by atoms with E-state index < -0.39 is 0 Å². The predicted octanol–water partition coefficient (Wildman–Crippen LogP) is 6.00. The van der Waals surface area contributed by atoms with Crippen molar-refractivity contribution in [3.05, 3.63) is 112 Å². The van der Waals surface area contributed by atoms with E-state index in [-0.39, 0.29) is 28.5 Å². The third-order valence-electron chi connectivity index (χ3n) is 6.06. The second kappa shape index (κ2) is 7.67. The van der Waals surface area contributed by atoms with Gasteiger partial charge in [-0.2, -0.15) is 0 Å². The smallest absolute Gasteiger partial charge is 0.274 e. The van der Waals surface area contributed by atoms with Crippen LogP contribution < -0.4 is 10.1 Å². The second-order valence-electron chi connectivity index (χ2n) is 7.79. The Balaban J connectivity index is 1.53. The van der Waals surface area contributed by atoms with Crippen LogP contribution in [0.5, 0.6) is 5.75 Å². The van der Waals surface area contributed by atoms with E-state index in [0.717, 1.165) is 29.0 Å². The molecule has 0 spiro atoms. The lowest BCUT2D eigenvalue weighted by Gasteiger charge is -2.38. The van der Waals surface area contributed by atoms with Crippen LogP contribution in [0, 0.1) is 16.0 Å². The summed E-state index contributed by atoms with van der Waals surface area (Å²) in [6, 6.07) is 23.0. The summed E-state index contributed by atoms with van der Waals surface area (Å²) in [5.41, 5.74) is 4.11. The molecule has 3 unspecified atom stereocenters. The topological polar surface area (TPSA) is 64.4 Å². The Morgan fingerprint density at radius 2 is 1.73 bits per heavy atom. The van der Waals surface area contributed by atoms with Crippen LogP contribution in [0.1, 0.15) is 35.1 Å². The Morgan fingerprint density at radius 1 is 0.967 bits per heavy atom. The number of anilines is 1. The van der Waals surface area contributed by atoms with Gasteiger partial charge in [0.2, 0.25) is 0 Å². The first-order chi connectivity index (χ1) is 14.7. The van der Waals surface area contributed by atoms with Gasteiger partial charge in [-0.05, 0) is 29.5 Å². The number of nitro benzene ring substituents is 1. The quantitative estimate of drug-likeness (QED) is 0.325. The number of ether oxygens (including phenoxy) is 1. The lowest BCUT2D eigenvalue weighted by molar-refractivity contribution is -0.385. The molecule has 0 saturated carbocycles. The molecule has 150 valence electrons. The van der Waals surface area contributed by atoms with Crippen LogP contribution in [0.3, 0.4) is 0 Å². The number of nitrogens with one attached hydrogen (secondary N) is 1. The lowest BCUT2D eigenvalue weighted by Crippen LogP contribution is -2.30. The van der Waals surface area contributed by atoms with Crippen molar-refractivity contribution in [3.63, 3.8) is 0 Å². The van der Waals surface area contributed by atoms with Crippen molar-refractivity contribution in [3.8, 4) is 5.75 Å². The van der Waals surface area contributed by atoms with E-state index >= 15 is 0 Å². The van der Waals surface area contributed by atoms with Gasteiger partial charge in [0, 0.05) is 12.0 Å². The molecule has 3 aromatic carbocycles. The minimum absolute atomic E-state index is 0.152. The molecule has 1 aliphatic carbocycles. The maximum atomic E-state index is 11.7. The molecule has 30 heavy (non-hydrogen) atoms. The summed E-state index contributed by atoms with van der Waals surface area (Å²) in [6.07, 6.45) is 5.31. The summed E-state index contributed by atoms with van der Waals surface area (Å²) in [5, 5.41) is 15.3. The number of nitro groups is 1. The maximum absolute atomic E-state index is 11.7. The fraction of sp³-hybridized carbons (Fsp3) is 0.200. The van der Waals surface area contributed by atoms with Crippen LogP contribution in [0.25, 0.3) is 0 Å². The molecule has 1 N–H and O–H groups in total. The number of nitrogens with zero attached hydrogens (tertiary/aromatic N) is 1. The number of rotatable bonds is 5. The van der Waals surface area contributed by atoms with Gasteiger partial charge in [0.25, 0.3) is 5.69 Å². The molecule has 0 fully saturated rings. The van der Waals surface area contributed by atoms with Crippen molar-refractivity contribution in [1.82, 2.24) is 0 Å². The SMILES string of the molecule is O=[N+]([O-])c1ccccc1C1Nc2c(OCc3ccccc3)cccc2C2C=CCC21. The highest BCUT2D eigenvalue weighted by atomic mass is 16.6. The summed E-state index contributed by atoms with van der Waals surface area (Å²) >= 11 is 0. The number of benzene rings is 3. The van der Waals surface area contributed by atoms with Crippen molar-refractivity contribution >= 4 is 11.4 Å². The first kappa shape index (κ1) is 18.4. The van der Waals surface area contributed by atoms with Crippen LogP contribution in [0.2, 0.25) is 0 Å². The van der Waals surface area contributed by atoms with E-state index in [9.17, 15) is 10.1 Å². The maximum Gasteiger partial charge on any atom is 0.274 e. The molecule has 0 amide bonds. The number of allylic oxidation sites excluding steroid dienone is 2. The molecule has 5 nitrogen and oxygen atoms in total. The molecule has 1 heterocycles. The zero-order valence-corrected chi connectivity index (χ0v) is 16.4. The molecule has 2 aliphatic rings. The highest BCUT2D eigenvalue weighted by Gasteiger charge is 2.41. The third-order valence-corrected chi connectivity index (χ3v) is 6.06. The van der Waals surface area contributed by atoms with Crippen LogP contribution in [-0.2, 0) is 6.61 Å². The van der Waals surface area contributed by atoms with Crippen LogP contribution in [-0.4, -0.2) is 4.92 Å². The summed E-state index contributed by atoms with van der Waals surface area (Å²) in [6.45, 7) is 0.471. The van der Waals surface area contributed by atoms with Gasteiger partial charge < -0.3 is 10.1 Å². The normalized spacial score (nSPS) is 21.4. The minimum atomic E-state index is -0.290. The van der Waals surface area contributed by atoms with E-state index in [1.807, 2.05) is 54.6 Å². The number of para-hydroxylation sites is 2. The lowest BCUT2D eigenvalue weighted by atomic mass is 9.76. The summed E-state index contributed by atoms with van der Waals surface area (Å²) < 4.78 is 6.18. The molecule has 3 atom stereocenters. The van der Waals surface area contributed by atoms with Crippen LogP contribution in [0.4, 0.5) is 11.4 Å². The Bertz CT molecular complexity index is 1110. The average Bonchev–Trinajstić information content (AvgIpc) is 3.28. The summed E-state index contributed by atoms with van der Waals surface area (Å²) in [5.74, 6) is 1.23. The Labute approximate surface area is 175 Å². The van der Waals surface area contributed by atoms with Gasteiger partial charge in [0.1, 0.15) is 12.4 Å². The van der Waals surface area contributed by atoms with Crippen molar-refractivity contribution in [2.45, 2.75) is 25.0 Å². The molecule has 0 saturated heterocycles. The molecule has 0 radical (unpaired) electrons. The van der Waals surface area contributed by atoms with Gasteiger partial charge >= 0.3 is 0 Å². The van der Waals surface area contributed by atoms with Crippen LogP contribution >= 0.6 is 0 Å². The molecular formula is C25H22N2O3. The fourth-order valence-electron chi connectivity index (χ4n) is 4.67. The number of hydrogen-bond donors (Lipinski definition) is 1. The summed E-state index contributed by atoms with van der Waals surface area (Å²) in [4.78, 5) is 11.4. The van der Waals surface area contributed by atoms with E-state index in [4.69, 9.17) is 4.74 Å². The highest BCUT2D eigenvalue weighted by Crippen LogP contribution is 2.53. The summed E-state index contributed by atoms with van der Waals surface area (Å²) in [7, 11) is 0. The molecular weight excluding hydrogens is 376 g/mol.